The van der Waals surface area contributed by atoms with Crippen LogP contribution in [0.3, 0.4) is 0 Å². The summed E-state index contributed by atoms with van der Waals surface area (Å²) in [4.78, 5) is 0. The first-order valence-electron chi connectivity index (χ1n) is 5.21. The summed E-state index contributed by atoms with van der Waals surface area (Å²) in [6.45, 7) is 0. The van der Waals surface area contributed by atoms with E-state index in [1.54, 1.807) is 24.3 Å². The molecule has 0 amide bonds. The van der Waals surface area contributed by atoms with Gasteiger partial charge in [-0.15, -0.1) is 0 Å². The highest BCUT2D eigenvalue weighted by Gasteiger charge is 2.01. The lowest BCUT2D eigenvalue weighted by Crippen LogP contribution is -2.11. The summed E-state index contributed by atoms with van der Waals surface area (Å²) >= 11 is 0. The zero-order chi connectivity index (χ0) is 12.1. The van der Waals surface area contributed by atoms with Crippen LogP contribution < -0.4 is 5.32 Å². The Morgan fingerprint density at radius 1 is 1.00 bits per heavy atom. The van der Waals surface area contributed by atoms with E-state index in [0.717, 1.165) is 11.3 Å². The maximum absolute atomic E-state index is 8.68. The van der Waals surface area contributed by atoms with Gasteiger partial charge in [-0.1, -0.05) is 18.2 Å². The Bertz CT molecular complexity index is 550. The molecule has 2 aromatic carbocycles. The van der Waals surface area contributed by atoms with Crippen molar-refractivity contribution in [1.82, 2.24) is 0 Å². The van der Waals surface area contributed by atoms with Gasteiger partial charge in [-0.05, 0) is 36.4 Å². The number of benzene rings is 2. The summed E-state index contributed by atoms with van der Waals surface area (Å²) < 4.78 is 0. The normalized spacial score (nSPS) is 9.35. The van der Waals surface area contributed by atoms with E-state index in [1.807, 2.05) is 30.3 Å². The smallest absolute Gasteiger partial charge is 0.129 e. The molecule has 0 unspecified atom stereocenters. The third kappa shape index (κ3) is 2.70. The molecule has 0 radical (unpaired) electrons. The van der Waals surface area contributed by atoms with Crippen LogP contribution in [-0.4, -0.2) is 5.84 Å². The molecule has 3 nitrogen and oxygen atoms in total. The van der Waals surface area contributed by atoms with Crippen LogP contribution in [0.2, 0.25) is 0 Å². The Balaban J connectivity index is 2.13. The van der Waals surface area contributed by atoms with Crippen molar-refractivity contribution in [2.45, 2.75) is 0 Å². The number of nitrogens with one attached hydrogen (secondary N) is 2. The second-order valence-corrected chi connectivity index (χ2v) is 3.56. The van der Waals surface area contributed by atoms with Crippen molar-refractivity contribution in [2.24, 2.45) is 0 Å². The Kier molecular flexibility index (Phi) is 3.18. The van der Waals surface area contributed by atoms with Gasteiger partial charge in [0.05, 0.1) is 11.6 Å². The van der Waals surface area contributed by atoms with Gasteiger partial charge in [0, 0.05) is 11.3 Å². The molecule has 2 N–H and O–H groups in total. The summed E-state index contributed by atoms with van der Waals surface area (Å²) in [5.74, 6) is 0.320. The number of rotatable bonds is 2. The molecule has 0 atom stereocenters. The highest BCUT2D eigenvalue weighted by Crippen LogP contribution is 2.09. The lowest BCUT2D eigenvalue weighted by Gasteiger charge is -2.07. The monoisotopic (exact) mass is 221 g/mol. The lowest BCUT2D eigenvalue weighted by molar-refractivity contribution is 1.43. The van der Waals surface area contributed by atoms with Gasteiger partial charge in [0.1, 0.15) is 5.84 Å². The number of amidine groups is 1. The molecule has 0 saturated heterocycles. The van der Waals surface area contributed by atoms with Gasteiger partial charge < -0.3 is 5.32 Å². The van der Waals surface area contributed by atoms with Crippen LogP contribution in [0.1, 0.15) is 11.1 Å². The molecule has 0 saturated carbocycles. The Morgan fingerprint density at radius 2 is 1.65 bits per heavy atom. The zero-order valence-corrected chi connectivity index (χ0v) is 9.14. The SMILES string of the molecule is N#Cc1ccc(C(=N)Nc2ccccc2)cc1. The number of hydrogen-bond donors (Lipinski definition) is 2. The van der Waals surface area contributed by atoms with Crippen LogP contribution in [0.4, 0.5) is 5.69 Å². The Labute approximate surface area is 99.8 Å². The van der Waals surface area contributed by atoms with Gasteiger partial charge in [0.15, 0.2) is 0 Å². The minimum atomic E-state index is 0.320. The molecule has 0 bridgehead atoms. The molecule has 82 valence electrons. The molecule has 3 heteroatoms. The average Bonchev–Trinajstić information content (AvgIpc) is 2.40. The van der Waals surface area contributed by atoms with Crippen LogP contribution in [0.25, 0.3) is 0 Å². The van der Waals surface area contributed by atoms with Crippen molar-refractivity contribution in [3.05, 3.63) is 65.7 Å². The Hall–Kier alpha value is -2.60. The van der Waals surface area contributed by atoms with Gasteiger partial charge >= 0.3 is 0 Å². The topological polar surface area (TPSA) is 59.7 Å². The number of hydrogen-bond acceptors (Lipinski definition) is 2. The van der Waals surface area contributed by atoms with Crippen molar-refractivity contribution >= 4 is 11.5 Å². The zero-order valence-electron chi connectivity index (χ0n) is 9.14. The van der Waals surface area contributed by atoms with Crippen LogP contribution in [-0.2, 0) is 0 Å². The van der Waals surface area contributed by atoms with Gasteiger partial charge in [-0.25, -0.2) is 0 Å². The molecule has 0 spiro atoms. The van der Waals surface area contributed by atoms with E-state index in [1.165, 1.54) is 0 Å². The third-order valence-electron chi connectivity index (χ3n) is 2.35. The number of para-hydroxylation sites is 1. The summed E-state index contributed by atoms with van der Waals surface area (Å²) in [5.41, 5.74) is 2.23. The maximum atomic E-state index is 8.68. The highest BCUT2D eigenvalue weighted by atomic mass is 14.9. The largest absolute Gasteiger partial charge is 0.340 e. The summed E-state index contributed by atoms with van der Waals surface area (Å²) in [7, 11) is 0. The van der Waals surface area contributed by atoms with Crippen molar-refractivity contribution in [2.75, 3.05) is 5.32 Å². The van der Waals surface area contributed by atoms with Crippen LogP contribution in [0, 0.1) is 16.7 Å². The molecule has 0 fully saturated rings. The van der Waals surface area contributed by atoms with E-state index in [9.17, 15) is 0 Å². The maximum Gasteiger partial charge on any atom is 0.129 e. The van der Waals surface area contributed by atoms with E-state index in [4.69, 9.17) is 10.7 Å². The van der Waals surface area contributed by atoms with Gasteiger partial charge in [0.2, 0.25) is 0 Å². The van der Waals surface area contributed by atoms with E-state index in [0.29, 0.717) is 11.4 Å². The van der Waals surface area contributed by atoms with Crippen molar-refractivity contribution < 1.29 is 0 Å². The van der Waals surface area contributed by atoms with E-state index < -0.39 is 0 Å². The van der Waals surface area contributed by atoms with Crippen LogP contribution in [0.5, 0.6) is 0 Å². The fraction of sp³-hybridized carbons (Fsp3) is 0. The molecule has 17 heavy (non-hydrogen) atoms. The lowest BCUT2D eigenvalue weighted by atomic mass is 10.1. The van der Waals surface area contributed by atoms with E-state index in [-0.39, 0.29) is 0 Å². The minimum absolute atomic E-state index is 0.320. The van der Waals surface area contributed by atoms with Crippen molar-refractivity contribution in [3.8, 4) is 6.07 Å². The fourth-order valence-electron chi connectivity index (χ4n) is 1.45. The molecular weight excluding hydrogens is 210 g/mol. The molecule has 2 aromatic rings. The van der Waals surface area contributed by atoms with Crippen LogP contribution >= 0.6 is 0 Å². The first kappa shape index (κ1) is 10.9. The average molecular weight is 221 g/mol. The van der Waals surface area contributed by atoms with E-state index in [2.05, 4.69) is 11.4 Å². The Morgan fingerprint density at radius 3 is 2.24 bits per heavy atom. The predicted molar refractivity (Wildman–Crippen MR) is 68.1 cm³/mol. The molecule has 2 rings (SSSR count). The van der Waals surface area contributed by atoms with Gasteiger partial charge in [-0.2, -0.15) is 5.26 Å². The standard InChI is InChI=1S/C14H11N3/c15-10-11-6-8-12(9-7-11)14(16)17-13-4-2-1-3-5-13/h1-9H,(H2,16,17). The van der Waals surface area contributed by atoms with Crippen molar-refractivity contribution in [1.29, 1.82) is 10.7 Å². The molecular formula is C14H11N3. The molecule has 0 aliphatic carbocycles. The summed E-state index contributed by atoms with van der Waals surface area (Å²) in [6, 6.07) is 18.5. The van der Waals surface area contributed by atoms with Gasteiger partial charge in [-0.3, -0.25) is 5.41 Å². The third-order valence-corrected chi connectivity index (χ3v) is 2.35. The fourth-order valence-corrected chi connectivity index (χ4v) is 1.45. The molecule has 0 aliphatic rings. The quantitative estimate of drug-likeness (QED) is 0.605. The second kappa shape index (κ2) is 4.95. The van der Waals surface area contributed by atoms with Crippen molar-refractivity contribution in [3.63, 3.8) is 0 Å². The predicted octanol–water partition coefficient (Wildman–Crippen LogP) is 3.00. The second-order valence-electron chi connectivity index (χ2n) is 3.56. The first-order chi connectivity index (χ1) is 8.29. The van der Waals surface area contributed by atoms with E-state index >= 15 is 0 Å². The summed E-state index contributed by atoms with van der Waals surface area (Å²) in [6.07, 6.45) is 0. The number of anilines is 1. The highest BCUT2D eigenvalue weighted by molar-refractivity contribution is 6.06. The number of nitriles is 1. The van der Waals surface area contributed by atoms with Gasteiger partial charge in [0.25, 0.3) is 0 Å². The summed E-state index contributed by atoms with van der Waals surface area (Å²) in [5, 5.41) is 19.6. The molecule has 0 aliphatic heterocycles. The minimum Gasteiger partial charge on any atom is -0.340 e. The molecule has 0 heterocycles. The first-order valence-corrected chi connectivity index (χ1v) is 5.21. The van der Waals surface area contributed by atoms with Crippen LogP contribution in [0.15, 0.2) is 54.6 Å². The molecule has 0 aromatic heterocycles. The number of nitrogens with zero attached hydrogens (tertiary/aromatic N) is 1.